The standard InChI is InChI=1S/C19H21N3O4/c1-12-15(11-20)16(21-26-12)10-19(23)22-6-4-13-8-17(24-2)18(25-3)9-14(13)5-7-22/h8-9H,4-7,10H2,1-3H3. The van der Waals surface area contributed by atoms with E-state index in [1.807, 2.05) is 23.1 Å². The van der Waals surface area contributed by atoms with Crippen LogP contribution in [0.1, 0.15) is 28.1 Å². The molecule has 2 heterocycles. The fourth-order valence-corrected chi connectivity index (χ4v) is 3.24. The van der Waals surface area contributed by atoms with E-state index in [1.54, 1.807) is 21.1 Å². The van der Waals surface area contributed by atoms with Gasteiger partial charge in [-0.25, -0.2) is 0 Å². The molecule has 0 N–H and O–H groups in total. The van der Waals surface area contributed by atoms with Gasteiger partial charge >= 0.3 is 0 Å². The molecule has 1 amide bonds. The van der Waals surface area contributed by atoms with Crippen LogP contribution in [0.2, 0.25) is 0 Å². The lowest BCUT2D eigenvalue weighted by Crippen LogP contribution is -2.34. The fourth-order valence-electron chi connectivity index (χ4n) is 3.24. The van der Waals surface area contributed by atoms with Crippen LogP contribution in [0.4, 0.5) is 0 Å². The lowest BCUT2D eigenvalue weighted by atomic mass is 10.0. The number of nitrogens with zero attached hydrogens (tertiary/aromatic N) is 3. The van der Waals surface area contributed by atoms with E-state index in [4.69, 9.17) is 14.0 Å². The monoisotopic (exact) mass is 355 g/mol. The average molecular weight is 355 g/mol. The lowest BCUT2D eigenvalue weighted by Gasteiger charge is -2.19. The Hall–Kier alpha value is -3.01. The summed E-state index contributed by atoms with van der Waals surface area (Å²) in [5.41, 5.74) is 3.08. The van der Waals surface area contributed by atoms with Crippen molar-refractivity contribution in [1.29, 1.82) is 5.26 Å². The molecule has 3 rings (SSSR count). The van der Waals surface area contributed by atoms with Crippen molar-refractivity contribution in [2.45, 2.75) is 26.2 Å². The molecule has 7 heteroatoms. The van der Waals surface area contributed by atoms with E-state index < -0.39 is 0 Å². The number of nitriles is 1. The number of hydrogen-bond donors (Lipinski definition) is 0. The summed E-state index contributed by atoms with van der Waals surface area (Å²) in [6.07, 6.45) is 1.55. The van der Waals surface area contributed by atoms with Gasteiger partial charge in [-0.3, -0.25) is 4.79 Å². The van der Waals surface area contributed by atoms with Crippen LogP contribution in [0.5, 0.6) is 11.5 Å². The molecule has 0 fully saturated rings. The second kappa shape index (κ2) is 7.48. The molecule has 0 atom stereocenters. The van der Waals surface area contributed by atoms with Gasteiger partial charge in [0.2, 0.25) is 5.91 Å². The van der Waals surface area contributed by atoms with E-state index in [0.29, 0.717) is 41.6 Å². The van der Waals surface area contributed by atoms with Crippen LogP contribution in [0.25, 0.3) is 0 Å². The Bertz CT molecular complexity index is 831. The molecular formula is C19H21N3O4. The first-order valence-electron chi connectivity index (χ1n) is 8.44. The van der Waals surface area contributed by atoms with Gasteiger partial charge in [-0.2, -0.15) is 5.26 Å². The molecule has 7 nitrogen and oxygen atoms in total. The van der Waals surface area contributed by atoms with Crippen LogP contribution in [0, 0.1) is 18.3 Å². The SMILES string of the molecule is COc1cc2c(cc1OC)CCN(C(=O)Cc1noc(C)c1C#N)CC2. The molecule has 2 aromatic rings. The molecule has 1 aromatic carbocycles. The number of rotatable bonds is 4. The first-order chi connectivity index (χ1) is 12.6. The molecule has 26 heavy (non-hydrogen) atoms. The van der Waals surface area contributed by atoms with Crippen LogP contribution in [-0.4, -0.2) is 43.3 Å². The summed E-state index contributed by atoms with van der Waals surface area (Å²) in [4.78, 5) is 14.5. The van der Waals surface area contributed by atoms with Gasteiger partial charge in [-0.15, -0.1) is 0 Å². The highest BCUT2D eigenvalue weighted by atomic mass is 16.5. The number of hydrogen-bond acceptors (Lipinski definition) is 6. The van der Waals surface area contributed by atoms with E-state index in [-0.39, 0.29) is 12.3 Å². The Kier molecular flexibility index (Phi) is 5.12. The molecule has 1 aliphatic heterocycles. The van der Waals surface area contributed by atoms with Gasteiger partial charge in [0.05, 0.1) is 20.6 Å². The Labute approximate surface area is 152 Å². The molecule has 0 saturated carbocycles. The maximum atomic E-state index is 12.7. The normalized spacial score (nSPS) is 13.5. The van der Waals surface area contributed by atoms with Gasteiger partial charge in [0.25, 0.3) is 0 Å². The maximum Gasteiger partial charge on any atom is 0.228 e. The molecule has 0 aliphatic carbocycles. The highest BCUT2D eigenvalue weighted by Gasteiger charge is 2.23. The van der Waals surface area contributed by atoms with Gasteiger partial charge in [-0.1, -0.05) is 5.16 Å². The number of ether oxygens (including phenoxy) is 2. The number of fused-ring (bicyclic) bond motifs is 1. The molecule has 0 spiro atoms. The number of amides is 1. The molecule has 0 bridgehead atoms. The van der Waals surface area contributed by atoms with Crippen LogP contribution in [0.3, 0.4) is 0 Å². The van der Waals surface area contributed by atoms with Crippen molar-refractivity contribution in [3.8, 4) is 17.6 Å². The van der Waals surface area contributed by atoms with E-state index in [9.17, 15) is 10.1 Å². The van der Waals surface area contributed by atoms with Gasteiger partial charge in [0.1, 0.15) is 17.3 Å². The van der Waals surface area contributed by atoms with Gasteiger partial charge in [-0.05, 0) is 43.0 Å². The topological polar surface area (TPSA) is 88.6 Å². The van der Waals surface area contributed by atoms with Crippen LogP contribution in [0.15, 0.2) is 16.7 Å². The quantitative estimate of drug-likeness (QED) is 0.834. The fraction of sp³-hybridized carbons (Fsp3) is 0.421. The van der Waals surface area contributed by atoms with Crippen LogP contribution < -0.4 is 9.47 Å². The van der Waals surface area contributed by atoms with Crippen molar-refractivity contribution < 1.29 is 18.8 Å². The predicted octanol–water partition coefficient (Wildman–Crippen LogP) is 2.04. The lowest BCUT2D eigenvalue weighted by molar-refractivity contribution is -0.130. The predicted molar refractivity (Wildman–Crippen MR) is 93.2 cm³/mol. The Morgan fingerprint density at radius 1 is 1.23 bits per heavy atom. The Balaban J connectivity index is 1.74. The van der Waals surface area contributed by atoms with Gasteiger partial charge < -0.3 is 18.9 Å². The van der Waals surface area contributed by atoms with Crippen molar-refractivity contribution >= 4 is 5.91 Å². The van der Waals surface area contributed by atoms with E-state index in [1.165, 1.54) is 0 Å². The summed E-state index contributed by atoms with van der Waals surface area (Å²) >= 11 is 0. The highest BCUT2D eigenvalue weighted by Crippen LogP contribution is 2.32. The zero-order valence-corrected chi connectivity index (χ0v) is 15.2. The third kappa shape index (κ3) is 3.36. The number of aryl methyl sites for hydroxylation is 1. The minimum Gasteiger partial charge on any atom is -0.493 e. The van der Waals surface area contributed by atoms with Crippen LogP contribution >= 0.6 is 0 Å². The molecule has 1 aliphatic rings. The molecule has 0 unspecified atom stereocenters. The highest BCUT2D eigenvalue weighted by molar-refractivity contribution is 5.79. The number of benzene rings is 1. The number of carbonyl (C=O) groups is 1. The number of aromatic nitrogens is 1. The summed E-state index contributed by atoms with van der Waals surface area (Å²) in [6.45, 7) is 2.89. The van der Waals surface area contributed by atoms with Gasteiger partial charge in [0.15, 0.2) is 17.3 Å². The van der Waals surface area contributed by atoms with Crippen LogP contribution in [-0.2, 0) is 24.1 Å². The number of methoxy groups -OCH3 is 2. The van der Waals surface area contributed by atoms with E-state index in [2.05, 4.69) is 5.16 Å². The van der Waals surface area contributed by atoms with Crippen molar-refractivity contribution in [3.05, 3.63) is 40.3 Å². The second-order valence-corrected chi connectivity index (χ2v) is 6.21. The van der Waals surface area contributed by atoms with Crippen molar-refractivity contribution in [3.63, 3.8) is 0 Å². The summed E-state index contributed by atoms with van der Waals surface area (Å²) < 4.78 is 15.8. The number of carbonyl (C=O) groups excluding carboxylic acids is 1. The first kappa shape index (κ1) is 17.8. The summed E-state index contributed by atoms with van der Waals surface area (Å²) in [7, 11) is 3.23. The van der Waals surface area contributed by atoms with Crippen molar-refractivity contribution in [2.24, 2.45) is 0 Å². The van der Waals surface area contributed by atoms with Crippen molar-refractivity contribution in [1.82, 2.24) is 10.1 Å². The summed E-state index contributed by atoms with van der Waals surface area (Å²) in [5, 5.41) is 13.0. The zero-order chi connectivity index (χ0) is 18.7. The smallest absolute Gasteiger partial charge is 0.228 e. The second-order valence-electron chi connectivity index (χ2n) is 6.21. The Morgan fingerprint density at radius 3 is 2.31 bits per heavy atom. The minimum absolute atomic E-state index is 0.0541. The molecule has 0 saturated heterocycles. The molecule has 136 valence electrons. The van der Waals surface area contributed by atoms with Gasteiger partial charge in [0, 0.05) is 13.1 Å². The molecule has 1 aromatic heterocycles. The summed E-state index contributed by atoms with van der Waals surface area (Å²) in [5.74, 6) is 1.78. The van der Waals surface area contributed by atoms with E-state index >= 15 is 0 Å². The first-order valence-corrected chi connectivity index (χ1v) is 8.44. The zero-order valence-electron chi connectivity index (χ0n) is 15.2. The maximum absolute atomic E-state index is 12.7. The minimum atomic E-state index is -0.0541. The average Bonchev–Trinajstić information content (AvgIpc) is 2.87. The third-order valence-corrected chi connectivity index (χ3v) is 4.72. The third-order valence-electron chi connectivity index (χ3n) is 4.72. The summed E-state index contributed by atoms with van der Waals surface area (Å²) in [6, 6.07) is 6.02. The molecule has 0 radical (unpaired) electrons. The van der Waals surface area contributed by atoms with Crippen molar-refractivity contribution in [2.75, 3.05) is 27.3 Å². The Morgan fingerprint density at radius 2 is 1.81 bits per heavy atom. The molecular weight excluding hydrogens is 334 g/mol. The van der Waals surface area contributed by atoms with E-state index in [0.717, 1.165) is 24.0 Å². The largest absolute Gasteiger partial charge is 0.493 e.